The lowest BCUT2D eigenvalue weighted by Gasteiger charge is -2.11. The third-order valence-electron chi connectivity index (χ3n) is 4.89. The lowest BCUT2D eigenvalue weighted by molar-refractivity contribution is 0.102. The number of hydrogen-bond acceptors (Lipinski definition) is 4. The van der Waals surface area contributed by atoms with Gasteiger partial charge < -0.3 is 5.32 Å². The first-order chi connectivity index (χ1) is 16.4. The van der Waals surface area contributed by atoms with E-state index in [-0.39, 0.29) is 10.8 Å². The van der Waals surface area contributed by atoms with Crippen molar-refractivity contribution in [3.05, 3.63) is 119 Å². The van der Waals surface area contributed by atoms with Gasteiger partial charge in [-0.3, -0.25) is 9.52 Å². The second-order valence-corrected chi connectivity index (χ2v) is 10.5. The lowest BCUT2D eigenvalue weighted by atomic mass is 10.2. The molecule has 0 spiro atoms. The number of hydrogen-bond donors (Lipinski definition) is 2. The second kappa shape index (κ2) is 10.8. The minimum Gasteiger partial charge on any atom is -0.322 e. The molecule has 8 heteroatoms. The van der Waals surface area contributed by atoms with E-state index in [0.717, 1.165) is 10.6 Å². The number of benzene rings is 4. The summed E-state index contributed by atoms with van der Waals surface area (Å²) in [5, 5.41) is 3.37. The van der Waals surface area contributed by atoms with Gasteiger partial charge in [-0.1, -0.05) is 54.1 Å². The van der Waals surface area contributed by atoms with Gasteiger partial charge in [0.15, 0.2) is 0 Å². The Kier molecular flexibility index (Phi) is 7.57. The van der Waals surface area contributed by atoms with Crippen molar-refractivity contribution in [2.45, 2.75) is 15.5 Å². The van der Waals surface area contributed by atoms with E-state index in [2.05, 4.69) is 10.0 Å². The molecule has 0 atom stereocenters. The van der Waals surface area contributed by atoms with Crippen molar-refractivity contribution in [3.8, 4) is 0 Å². The highest BCUT2D eigenvalue weighted by Crippen LogP contribution is 2.27. The predicted octanol–water partition coefficient (Wildman–Crippen LogP) is 6.69. The summed E-state index contributed by atoms with van der Waals surface area (Å²) in [6.07, 6.45) is 0. The van der Waals surface area contributed by atoms with Crippen molar-refractivity contribution in [2.75, 3.05) is 10.0 Å². The summed E-state index contributed by atoms with van der Waals surface area (Å²) < 4.78 is 27.8. The number of rotatable bonds is 8. The maximum atomic E-state index is 12.9. The molecule has 172 valence electrons. The molecule has 0 bridgehead atoms. The molecule has 0 aliphatic heterocycles. The number of carbonyl (C=O) groups excluding carboxylic acids is 1. The van der Waals surface area contributed by atoms with Gasteiger partial charge in [0.05, 0.1) is 10.5 Å². The third-order valence-corrected chi connectivity index (χ3v) is 7.68. The maximum Gasteiger partial charge on any atom is 0.261 e. The fourth-order valence-electron chi connectivity index (χ4n) is 3.16. The molecule has 5 nitrogen and oxygen atoms in total. The lowest BCUT2D eigenvalue weighted by Crippen LogP contribution is -2.14. The SMILES string of the molecule is O=C(Nc1ccc(S(=O)(=O)Nc2ccc(Cl)cc2)cc1)c1ccccc1SCc1ccccc1. The highest BCUT2D eigenvalue weighted by Gasteiger charge is 2.16. The van der Waals surface area contributed by atoms with E-state index in [1.807, 2.05) is 48.5 Å². The van der Waals surface area contributed by atoms with Gasteiger partial charge in [-0.2, -0.15) is 0 Å². The number of amides is 1. The van der Waals surface area contributed by atoms with E-state index in [1.54, 1.807) is 54.2 Å². The first kappa shape index (κ1) is 23.9. The largest absolute Gasteiger partial charge is 0.322 e. The number of nitrogens with one attached hydrogen (secondary N) is 2. The van der Waals surface area contributed by atoms with Gasteiger partial charge >= 0.3 is 0 Å². The van der Waals surface area contributed by atoms with Crippen molar-refractivity contribution in [2.24, 2.45) is 0 Å². The molecule has 2 N–H and O–H groups in total. The van der Waals surface area contributed by atoms with Gasteiger partial charge in [0.1, 0.15) is 0 Å². The summed E-state index contributed by atoms with van der Waals surface area (Å²) in [5.41, 5.74) is 2.64. The average Bonchev–Trinajstić information content (AvgIpc) is 2.85. The van der Waals surface area contributed by atoms with Crippen LogP contribution in [0.3, 0.4) is 0 Å². The van der Waals surface area contributed by atoms with E-state index in [1.165, 1.54) is 17.7 Å². The van der Waals surface area contributed by atoms with E-state index in [9.17, 15) is 13.2 Å². The van der Waals surface area contributed by atoms with Crippen LogP contribution < -0.4 is 10.0 Å². The Morgan fingerprint density at radius 2 is 1.38 bits per heavy atom. The summed E-state index contributed by atoms with van der Waals surface area (Å²) in [4.78, 5) is 13.9. The number of carbonyl (C=O) groups is 1. The van der Waals surface area contributed by atoms with Crippen LogP contribution in [0.1, 0.15) is 15.9 Å². The van der Waals surface area contributed by atoms with Crippen LogP contribution in [-0.2, 0) is 15.8 Å². The summed E-state index contributed by atoms with van der Waals surface area (Å²) >= 11 is 7.44. The van der Waals surface area contributed by atoms with E-state index < -0.39 is 10.0 Å². The topological polar surface area (TPSA) is 75.3 Å². The van der Waals surface area contributed by atoms with Crippen LogP contribution in [0.5, 0.6) is 0 Å². The number of thioether (sulfide) groups is 1. The molecule has 4 aromatic rings. The zero-order valence-electron chi connectivity index (χ0n) is 17.9. The van der Waals surface area contributed by atoms with Crippen LogP contribution in [0.2, 0.25) is 5.02 Å². The van der Waals surface area contributed by atoms with Gasteiger partial charge in [0.25, 0.3) is 15.9 Å². The fourth-order valence-corrected chi connectivity index (χ4v) is 5.35. The summed E-state index contributed by atoms with van der Waals surface area (Å²) in [6, 6.07) is 29.9. The first-order valence-electron chi connectivity index (χ1n) is 10.4. The second-order valence-electron chi connectivity index (χ2n) is 7.36. The normalized spacial score (nSPS) is 11.1. The third kappa shape index (κ3) is 6.20. The standard InChI is InChI=1S/C26H21ClN2O3S2/c27-20-10-12-22(13-11-20)29-34(31,32)23-16-14-21(15-17-23)28-26(30)24-8-4-5-9-25(24)33-18-19-6-2-1-3-7-19/h1-17,29H,18H2,(H,28,30). The molecule has 0 radical (unpaired) electrons. The van der Waals surface area contributed by atoms with Crippen LogP contribution in [-0.4, -0.2) is 14.3 Å². The maximum absolute atomic E-state index is 12.9. The Hall–Kier alpha value is -3.26. The minimum atomic E-state index is -3.77. The fraction of sp³-hybridized carbons (Fsp3) is 0.0385. The van der Waals surface area contributed by atoms with Gasteiger partial charge in [0.2, 0.25) is 0 Å². The molecule has 0 aromatic heterocycles. The molecule has 0 heterocycles. The number of anilines is 2. The number of sulfonamides is 1. The first-order valence-corrected chi connectivity index (χ1v) is 13.2. The Balaban J connectivity index is 1.43. The smallest absolute Gasteiger partial charge is 0.261 e. The molecule has 4 aromatic carbocycles. The van der Waals surface area contributed by atoms with Gasteiger partial charge in [0, 0.05) is 27.0 Å². The van der Waals surface area contributed by atoms with Crippen LogP contribution in [0.25, 0.3) is 0 Å². The Morgan fingerprint density at radius 1 is 0.765 bits per heavy atom. The zero-order chi connectivity index (χ0) is 24.0. The molecular formula is C26H21ClN2O3S2. The van der Waals surface area contributed by atoms with E-state index >= 15 is 0 Å². The van der Waals surface area contributed by atoms with Crippen molar-refractivity contribution in [1.29, 1.82) is 0 Å². The molecule has 1 amide bonds. The molecule has 0 aliphatic carbocycles. The monoisotopic (exact) mass is 508 g/mol. The highest BCUT2D eigenvalue weighted by atomic mass is 35.5. The highest BCUT2D eigenvalue weighted by molar-refractivity contribution is 7.98. The molecule has 0 saturated carbocycles. The Bertz CT molecular complexity index is 1380. The molecule has 0 unspecified atom stereocenters. The van der Waals surface area contributed by atoms with Crippen LogP contribution in [0.15, 0.2) is 113 Å². The summed E-state index contributed by atoms with van der Waals surface area (Å²) in [5.74, 6) is 0.490. The molecule has 4 rings (SSSR count). The molecule has 34 heavy (non-hydrogen) atoms. The molecule has 0 fully saturated rings. The quantitative estimate of drug-likeness (QED) is 0.260. The average molecular weight is 509 g/mol. The van der Waals surface area contributed by atoms with Crippen LogP contribution in [0.4, 0.5) is 11.4 Å². The Morgan fingerprint density at radius 3 is 2.09 bits per heavy atom. The molecular weight excluding hydrogens is 488 g/mol. The van der Waals surface area contributed by atoms with Gasteiger partial charge in [-0.25, -0.2) is 8.42 Å². The van der Waals surface area contributed by atoms with Gasteiger partial charge in [-0.15, -0.1) is 11.8 Å². The molecule has 0 saturated heterocycles. The predicted molar refractivity (Wildman–Crippen MR) is 139 cm³/mol. The van der Waals surface area contributed by atoms with Crippen molar-refractivity contribution in [1.82, 2.24) is 0 Å². The van der Waals surface area contributed by atoms with Crippen molar-refractivity contribution in [3.63, 3.8) is 0 Å². The zero-order valence-corrected chi connectivity index (χ0v) is 20.3. The van der Waals surface area contributed by atoms with E-state index in [4.69, 9.17) is 11.6 Å². The van der Waals surface area contributed by atoms with Crippen molar-refractivity contribution < 1.29 is 13.2 Å². The Labute approximate surface area is 208 Å². The molecule has 0 aliphatic rings. The van der Waals surface area contributed by atoms with Crippen molar-refractivity contribution >= 4 is 50.7 Å². The summed E-state index contributed by atoms with van der Waals surface area (Å²) in [7, 11) is -3.77. The minimum absolute atomic E-state index is 0.0827. The summed E-state index contributed by atoms with van der Waals surface area (Å²) in [6.45, 7) is 0. The van der Waals surface area contributed by atoms with E-state index in [0.29, 0.717) is 22.0 Å². The number of halogens is 1. The van der Waals surface area contributed by atoms with Crippen LogP contribution in [0, 0.1) is 0 Å². The van der Waals surface area contributed by atoms with Crippen LogP contribution >= 0.6 is 23.4 Å². The van der Waals surface area contributed by atoms with Gasteiger partial charge in [-0.05, 0) is 66.2 Å².